The maximum Gasteiger partial charge on any atom is 0.231 e. The van der Waals surface area contributed by atoms with E-state index in [0.717, 1.165) is 43.2 Å². The van der Waals surface area contributed by atoms with Crippen LogP contribution in [-0.4, -0.2) is 37.6 Å². The van der Waals surface area contributed by atoms with Crippen LogP contribution in [0.15, 0.2) is 42.6 Å². The molecule has 0 spiro atoms. The Morgan fingerprint density at radius 3 is 2.96 bits per heavy atom. The minimum absolute atomic E-state index is 0.0165. The summed E-state index contributed by atoms with van der Waals surface area (Å²) in [6.07, 6.45) is 3.58. The van der Waals surface area contributed by atoms with Crippen molar-refractivity contribution in [2.45, 2.75) is 12.8 Å². The molecular formula is C19H21N3O2. The van der Waals surface area contributed by atoms with Gasteiger partial charge in [-0.25, -0.2) is 4.98 Å². The molecule has 3 heterocycles. The molecule has 4 rings (SSSR count). The fourth-order valence-corrected chi connectivity index (χ4v) is 3.72. The van der Waals surface area contributed by atoms with E-state index >= 15 is 0 Å². The molecule has 0 bridgehead atoms. The van der Waals surface area contributed by atoms with Crippen LogP contribution in [0.25, 0.3) is 0 Å². The van der Waals surface area contributed by atoms with Crippen molar-refractivity contribution in [3.63, 3.8) is 0 Å². The molecular weight excluding hydrogens is 302 g/mol. The van der Waals surface area contributed by atoms with Gasteiger partial charge in [0.25, 0.3) is 0 Å². The van der Waals surface area contributed by atoms with Crippen LogP contribution in [0.3, 0.4) is 0 Å². The Kier molecular flexibility index (Phi) is 3.84. The summed E-state index contributed by atoms with van der Waals surface area (Å²) in [6.45, 7) is 2.33. The number of hydrogen-bond donors (Lipinski definition) is 0. The first-order valence-corrected chi connectivity index (χ1v) is 8.41. The fraction of sp³-hybridized carbons (Fsp3) is 0.368. The van der Waals surface area contributed by atoms with Crippen molar-refractivity contribution in [2.24, 2.45) is 5.92 Å². The van der Waals surface area contributed by atoms with Gasteiger partial charge in [0.1, 0.15) is 0 Å². The number of rotatable bonds is 3. The monoisotopic (exact) mass is 323 g/mol. The second-order valence-electron chi connectivity index (χ2n) is 6.33. The largest absolute Gasteiger partial charge is 0.493 e. The van der Waals surface area contributed by atoms with E-state index < -0.39 is 0 Å². The average Bonchev–Trinajstić information content (AvgIpc) is 3.28. The first-order valence-electron chi connectivity index (χ1n) is 8.41. The lowest BCUT2D eigenvalue weighted by Gasteiger charge is -2.22. The molecule has 0 N–H and O–H groups in total. The number of anilines is 2. The van der Waals surface area contributed by atoms with Gasteiger partial charge < -0.3 is 14.5 Å². The molecule has 2 aliphatic rings. The molecule has 1 saturated heterocycles. The van der Waals surface area contributed by atoms with Crippen molar-refractivity contribution < 1.29 is 9.53 Å². The number of benzene rings is 1. The highest BCUT2D eigenvalue weighted by Gasteiger charge is 2.35. The van der Waals surface area contributed by atoms with Crippen LogP contribution in [-0.2, 0) is 11.2 Å². The Hall–Kier alpha value is -2.56. The maximum absolute atomic E-state index is 13.0. The molecule has 1 aromatic carbocycles. The molecule has 1 amide bonds. The predicted octanol–water partition coefficient (Wildman–Crippen LogP) is 2.51. The van der Waals surface area contributed by atoms with Crippen LogP contribution in [0.5, 0.6) is 5.75 Å². The minimum Gasteiger partial charge on any atom is -0.493 e. The highest BCUT2D eigenvalue weighted by atomic mass is 16.5. The molecule has 1 atom stereocenters. The molecule has 24 heavy (non-hydrogen) atoms. The Morgan fingerprint density at radius 2 is 2.08 bits per heavy atom. The normalized spacial score (nSPS) is 19.5. The Morgan fingerprint density at radius 1 is 1.21 bits per heavy atom. The Bertz CT molecular complexity index is 762. The lowest BCUT2D eigenvalue weighted by molar-refractivity contribution is -0.121. The minimum atomic E-state index is 0.0165. The summed E-state index contributed by atoms with van der Waals surface area (Å²) in [4.78, 5) is 21.5. The molecule has 2 aromatic rings. The van der Waals surface area contributed by atoms with Crippen LogP contribution < -0.4 is 14.5 Å². The van der Waals surface area contributed by atoms with Crippen LogP contribution in [0.2, 0.25) is 0 Å². The number of fused-ring (bicyclic) bond motifs is 1. The number of pyridine rings is 1. The van der Waals surface area contributed by atoms with Crippen LogP contribution >= 0.6 is 0 Å². The summed E-state index contributed by atoms with van der Waals surface area (Å²) in [5.41, 5.74) is 2.35. The summed E-state index contributed by atoms with van der Waals surface area (Å²) in [7, 11) is 1.65. The standard InChI is InChI=1S/C19H21N3O2/c1-24-17-7-4-10-20-18(17)21-11-8-15(13-21)19(23)22-12-9-14-5-2-3-6-16(14)22/h2-7,10,15H,8-9,11-13H2,1H3. The topological polar surface area (TPSA) is 45.7 Å². The highest BCUT2D eigenvalue weighted by molar-refractivity contribution is 5.97. The first kappa shape index (κ1) is 15.0. The molecule has 5 heteroatoms. The third-order valence-electron chi connectivity index (χ3n) is 4.96. The van der Waals surface area contributed by atoms with Gasteiger partial charge in [0, 0.05) is 31.5 Å². The van der Waals surface area contributed by atoms with Gasteiger partial charge in [-0.15, -0.1) is 0 Å². The second kappa shape index (κ2) is 6.15. The number of methoxy groups -OCH3 is 1. The maximum atomic E-state index is 13.0. The third-order valence-corrected chi connectivity index (χ3v) is 4.96. The van der Waals surface area contributed by atoms with Gasteiger partial charge in [0.2, 0.25) is 5.91 Å². The third kappa shape index (κ3) is 2.50. The lowest BCUT2D eigenvalue weighted by atomic mass is 10.1. The van der Waals surface area contributed by atoms with Crippen LogP contribution in [0, 0.1) is 5.92 Å². The number of para-hydroxylation sites is 1. The van der Waals surface area contributed by atoms with Gasteiger partial charge in [0.15, 0.2) is 11.6 Å². The van der Waals surface area contributed by atoms with E-state index in [1.807, 2.05) is 29.2 Å². The SMILES string of the molecule is COc1cccnc1N1CCC(C(=O)N2CCc3ccccc32)C1. The predicted molar refractivity (Wildman–Crippen MR) is 93.6 cm³/mol. The highest BCUT2D eigenvalue weighted by Crippen LogP contribution is 2.33. The number of nitrogens with zero attached hydrogens (tertiary/aromatic N) is 3. The zero-order valence-corrected chi connectivity index (χ0v) is 13.8. The van der Waals surface area contributed by atoms with Crippen molar-refractivity contribution in [2.75, 3.05) is 36.5 Å². The molecule has 0 saturated carbocycles. The smallest absolute Gasteiger partial charge is 0.231 e. The molecule has 0 radical (unpaired) electrons. The quantitative estimate of drug-likeness (QED) is 0.871. The lowest BCUT2D eigenvalue weighted by Crippen LogP contribution is -2.36. The Labute approximate surface area is 141 Å². The zero-order valence-electron chi connectivity index (χ0n) is 13.8. The van der Waals surface area contributed by atoms with Gasteiger partial charge in [-0.2, -0.15) is 0 Å². The summed E-state index contributed by atoms with van der Waals surface area (Å²) < 4.78 is 5.40. The van der Waals surface area contributed by atoms with Gasteiger partial charge in [-0.3, -0.25) is 4.79 Å². The number of carbonyl (C=O) groups excluding carboxylic acids is 1. The van der Waals surface area contributed by atoms with Crippen LogP contribution in [0.4, 0.5) is 11.5 Å². The molecule has 1 aromatic heterocycles. The van der Waals surface area contributed by atoms with Gasteiger partial charge >= 0.3 is 0 Å². The van der Waals surface area contributed by atoms with Crippen molar-refractivity contribution in [1.29, 1.82) is 0 Å². The van der Waals surface area contributed by atoms with E-state index in [9.17, 15) is 4.79 Å². The first-order chi connectivity index (χ1) is 11.8. The van der Waals surface area contributed by atoms with Crippen LogP contribution in [0.1, 0.15) is 12.0 Å². The summed E-state index contributed by atoms with van der Waals surface area (Å²) in [5, 5.41) is 0. The summed E-state index contributed by atoms with van der Waals surface area (Å²) >= 11 is 0. The Balaban J connectivity index is 1.50. The summed E-state index contributed by atoms with van der Waals surface area (Å²) in [5.74, 6) is 1.84. The summed E-state index contributed by atoms with van der Waals surface area (Å²) in [6, 6.07) is 12.0. The van der Waals surface area contributed by atoms with E-state index in [1.54, 1.807) is 13.3 Å². The van der Waals surface area contributed by atoms with E-state index in [2.05, 4.69) is 22.0 Å². The second-order valence-corrected chi connectivity index (χ2v) is 6.33. The molecule has 1 unspecified atom stereocenters. The van der Waals surface area contributed by atoms with E-state index in [4.69, 9.17) is 4.74 Å². The van der Waals surface area contributed by atoms with Crippen molar-refractivity contribution in [3.05, 3.63) is 48.2 Å². The van der Waals surface area contributed by atoms with Crippen molar-refractivity contribution >= 4 is 17.4 Å². The number of amides is 1. The fourth-order valence-electron chi connectivity index (χ4n) is 3.72. The van der Waals surface area contributed by atoms with Gasteiger partial charge in [-0.1, -0.05) is 18.2 Å². The van der Waals surface area contributed by atoms with E-state index in [0.29, 0.717) is 6.54 Å². The number of carbonyl (C=O) groups is 1. The average molecular weight is 323 g/mol. The molecule has 5 nitrogen and oxygen atoms in total. The molecule has 0 aliphatic carbocycles. The van der Waals surface area contributed by atoms with Gasteiger partial charge in [0.05, 0.1) is 13.0 Å². The molecule has 1 fully saturated rings. The van der Waals surface area contributed by atoms with E-state index in [1.165, 1.54) is 5.56 Å². The molecule has 124 valence electrons. The van der Waals surface area contributed by atoms with Crippen molar-refractivity contribution in [3.8, 4) is 5.75 Å². The number of hydrogen-bond acceptors (Lipinski definition) is 4. The number of ether oxygens (including phenoxy) is 1. The van der Waals surface area contributed by atoms with Gasteiger partial charge in [-0.05, 0) is 36.6 Å². The molecule has 2 aliphatic heterocycles. The number of aromatic nitrogens is 1. The van der Waals surface area contributed by atoms with E-state index in [-0.39, 0.29) is 11.8 Å². The van der Waals surface area contributed by atoms with Crippen molar-refractivity contribution in [1.82, 2.24) is 4.98 Å². The zero-order chi connectivity index (χ0) is 16.5.